The third kappa shape index (κ3) is 3.55. The predicted octanol–water partition coefficient (Wildman–Crippen LogP) is 5.03. The molecule has 0 N–H and O–H groups in total. The van der Waals surface area contributed by atoms with Crippen LogP contribution in [-0.4, -0.2) is 40.6 Å². The zero-order chi connectivity index (χ0) is 24.7. The van der Waals surface area contributed by atoms with Crippen molar-refractivity contribution >= 4 is 11.7 Å². The first kappa shape index (κ1) is 22.4. The van der Waals surface area contributed by atoms with E-state index in [4.69, 9.17) is 0 Å². The van der Waals surface area contributed by atoms with Gasteiger partial charge >= 0.3 is 0 Å². The van der Waals surface area contributed by atoms with Gasteiger partial charge in [0, 0.05) is 13.1 Å². The van der Waals surface area contributed by atoms with E-state index in [0.717, 1.165) is 16.7 Å². The van der Waals surface area contributed by atoms with E-state index in [0.29, 0.717) is 12.1 Å². The maximum Gasteiger partial charge on any atom is 0.242 e. The molecular weight excluding hydrogens is 451 g/mol. The van der Waals surface area contributed by atoms with Gasteiger partial charge in [0.15, 0.2) is 5.78 Å². The number of fused-ring (bicyclic) bond motifs is 1. The Hall–Kier alpha value is -4.09. The molecule has 4 aromatic rings. The number of carbonyl (C=O) groups excluding carboxylic acids is 2. The van der Waals surface area contributed by atoms with E-state index >= 15 is 0 Å². The van der Waals surface area contributed by atoms with E-state index in [1.54, 1.807) is 17.0 Å². The Morgan fingerprint density at radius 2 is 1.25 bits per heavy atom. The van der Waals surface area contributed by atoms with Gasteiger partial charge in [-0.25, -0.2) is 4.39 Å². The van der Waals surface area contributed by atoms with Gasteiger partial charge in [0.25, 0.3) is 0 Å². The van der Waals surface area contributed by atoms with Crippen LogP contribution in [0.3, 0.4) is 0 Å². The number of carbonyl (C=O) groups is 2. The van der Waals surface area contributed by atoms with Gasteiger partial charge in [0.2, 0.25) is 5.91 Å². The number of Topliss-reactive ketones (excluding diaryl/α,β-unsaturated/α-hetero) is 1. The van der Waals surface area contributed by atoms with Crippen LogP contribution in [0.4, 0.5) is 4.39 Å². The minimum Gasteiger partial charge on any atom is -0.329 e. The summed E-state index contributed by atoms with van der Waals surface area (Å²) < 4.78 is 14.3. The Morgan fingerprint density at radius 1 is 0.722 bits per heavy atom. The average Bonchev–Trinajstić information content (AvgIpc) is 3.72. The van der Waals surface area contributed by atoms with Crippen LogP contribution in [-0.2, 0) is 16.9 Å². The molecule has 2 aliphatic heterocycles. The number of amides is 1. The normalized spacial score (nSPS) is 19.0. The second-order valence-corrected chi connectivity index (χ2v) is 9.37. The molecule has 0 radical (unpaired) electrons. The van der Waals surface area contributed by atoms with Crippen molar-refractivity contribution in [2.75, 3.05) is 13.1 Å². The molecule has 1 fully saturated rings. The van der Waals surface area contributed by atoms with Gasteiger partial charge in [-0.15, -0.1) is 0 Å². The molecule has 6 rings (SSSR count). The Kier molecular flexibility index (Phi) is 5.50. The molecule has 2 aliphatic rings. The maximum atomic E-state index is 14.3. The Balaban J connectivity index is 1.41. The molecule has 1 amide bonds. The van der Waals surface area contributed by atoms with Crippen molar-refractivity contribution in [1.29, 1.82) is 0 Å². The molecule has 0 aromatic heterocycles. The molecule has 5 heteroatoms. The fourth-order valence-electron chi connectivity index (χ4n) is 5.65. The number of ketones is 1. The molecule has 2 atom stereocenters. The first-order valence-corrected chi connectivity index (χ1v) is 12.1. The van der Waals surface area contributed by atoms with Crippen LogP contribution in [0.25, 0.3) is 0 Å². The van der Waals surface area contributed by atoms with Crippen LogP contribution < -0.4 is 0 Å². The zero-order valence-corrected chi connectivity index (χ0v) is 19.7. The first-order chi connectivity index (χ1) is 17.6. The molecule has 2 heterocycles. The van der Waals surface area contributed by atoms with Crippen molar-refractivity contribution in [2.45, 2.75) is 18.1 Å². The monoisotopic (exact) mass is 476 g/mol. The zero-order valence-electron chi connectivity index (χ0n) is 19.7. The van der Waals surface area contributed by atoms with E-state index in [1.165, 1.54) is 6.07 Å². The molecule has 1 saturated heterocycles. The molecule has 4 nitrogen and oxygen atoms in total. The van der Waals surface area contributed by atoms with Crippen molar-refractivity contribution in [3.8, 4) is 0 Å². The lowest BCUT2D eigenvalue weighted by atomic mass is 9.76. The van der Waals surface area contributed by atoms with Gasteiger partial charge in [-0.05, 0) is 28.3 Å². The summed E-state index contributed by atoms with van der Waals surface area (Å²) in [4.78, 5) is 30.3. The van der Waals surface area contributed by atoms with Crippen molar-refractivity contribution < 1.29 is 14.0 Å². The fraction of sp³-hybridized carbons (Fsp3) is 0.161. The minimum absolute atomic E-state index is 0.105. The van der Waals surface area contributed by atoms with Gasteiger partial charge in [0.1, 0.15) is 11.9 Å². The van der Waals surface area contributed by atoms with Crippen LogP contribution >= 0.6 is 0 Å². The highest BCUT2D eigenvalue weighted by Crippen LogP contribution is 2.48. The van der Waals surface area contributed by atoms with Gasteiger partial charge in [-0.1, -0.05) is 103 Å². The highest BCUT2D eigenvalue weighted by atomic mass is 19.1. The van der Waals surface area contributed by atoms with Gasteiger partial charge in [0.05, 0.1) is 17.6 Å². The molecule has 36 heavy (non-hydrogen) atoms. The quantitative estimate of drug-likeness (QED) is 0.300. The van der Waals surface area contributed by atoms with Crippen molar-refractivity contribution in [2.24, 2.45) is 0 Å². The Morgan fingerprint density at radius 3 is 1.78 bits per heavy atom. The lowest BCUT2D eigenvalue weighted by Gasteiger charge is -2.38. The summed E-state index contributed by atoms with van der Waals surface area (Å²) in [5, 5.41) is 0. The third-order valence-corrected chi connectivity index (χ3v) is 7.29. The third-order valence-electron chi connectivity index (χ3n) is 7.29. The van der Waals surface area contributed by atoms with Crippen LogP contribution in [0.15, 0.2) is 109 Å². The summed E-state index contributed by atoms with van der Waals surface area (Å²) in [7, 11) is 0. The van der Waals surface area contributed by atoms with Crippen molar-refractivity contribution in [1.82, 2.24) is 9.80 Å². The smallest absolute Gasteiger partial charge is 0.242 e. The van der Waals surface area contributed by atoms with E-state index in [9.17, 15) is 14.0 Å². The average molecular weight is 477 g/mol. The predicted molar refractivity (Wildman–Crippen MR) is 136 cm³/mol. The SMILES string of the molecule is O=C1CN(C(=O)C2CN2C(c2ccccc2)(c2ccccc2)c2ccccc2)Cc2cccc(F)c21. The van der Waals surface area contributed by atoms with Gasteiger partial charge < -0.3 is 4.90 Å². The molecular formula is C31H25FN2O2. The summed E-state index contributed by atoms with van der Waals surface area (Å²) in [6.45, 7) is 0.682. The number of benzene rings is 4. The summed E-state index contributed by atoms with van der Waals surface area (Å²) in [5.41, 5.74) is 3.21. The highest BCUT2D eigenvalue weighted by Gasteiger charge is 2.57. The van der Waals surface area contributed by atoms with E-state index < -0.39 is 17.4 Å². The highest BCUT2D eigenvalue weighted by molar-refractivity contribution is 6.03. The van der Waals surface area contributed by atoms with Crippen molar-refractivity contribution in [3.63, 3.8) is 0 Å². The van der Waals surface area contributed by atoms with Crippen LogP contribution in [0.2, 0.25) is 0 Å². The summed E-state index contributed by atoms with van der Waals surface area (Å²) in [6.07, 6.45) is 0. The molecule has 0 bridgehead atoms. The number of hydrogen-bond acceptors (Lipinski definition) is 3. The molecule has 2 unspecified atom stereocenters. The summed E-state index contributed by atoms with van der Waals surface area (Å²) in [5.74, 6) is -0.977. The lowest BCUT2D eigenvalue weighted by Crippen LogP contribution is -2.45. The Bertz CT molecular complexity index is 1330. The minimum atomic E-state index is -0.673. The number of halogens is 1. The first-order valence-electron chi connectivity index (χ1n) is 12.1. The fourth-order valence-corrected chi connectivity index (χ4v) is 5.65. The van der Waals surface area contributed by atoms with Gasteiger partial charge in [-0.2, -0.15) is 0 Å². The second kappa shape index (κ2) is 8.85. The van der Waals surface area contributed by atoms with Crippen LogP contribution in [0.5, 0.6) is 0 Å². The topological polar surface area (TPSA) is 40.4 Å². The summed E-state index contributed by atoms with van der Waals surface area (Å²) in [6, 6.07) is 34.9. The van der Waals surface area contributed by atoms with E-state index in [2.05, 4.69) is 41.3 Å². The molecule has 0 aliphatic carbocycles. The van der Waals surface area contributed by atoms with Crippen molar-refractivity contribution in [3.05, 3.63) is 143 Å². The number of nitrogens with zero attached hydrogens (tertiary/aromatic N) is 2. The summed E-state index contributed by atoms with van der Waals surface area (Å²) >= 11 is 0. The van der Waals surface area contributed by atoms with Crippen LogP contribution in [0, 0.1) is 5.82 Å². The van der Waals surface area contributed by atoms with Crippen LogP contribution in [0.1, 0.15) is 32.6 Å². The second-order valence-electron chi connectivity index (χ2n) is 9.37. The molecule has 0 spiro atoms. The lowest BCUT2D eigenvalue weighted by molar-refractivity contribution is -0.132. The molecule has 4 aromatic carbocycles. The van der Waals surface area contributed by atoms with E-state index in [1.807, 2.05) is 54.6 Å². The van der Waals surface area contributed by atoms with Gasteiger partial charge in [-0.3, -0.25) is 14.5 Å². The Labute approximate surface area is 209 Å². The number of hydrogen-bond donors (Lipinski definition) is 0. The largest absolute Gasteiger partial charge is 0.329 e. The number of rotatable bonds is 5. The molecule has 178 valence electrons. The van der Waals surface area contributed by atoms with E-state index in [-0.39, 0.29) is 30.3 Å². The maximum absolute atomic E-state index is 14.3. The molecule has 0 saturated carbocycles. The standard InChI is InChI=1S/C31H25FN2O2/c32-26-18-10-11-22-19-33(21-28(35)29(22)26)30(36)27-20-34(27)31(23-12-4-1-5-13-23,24-14-6-2-7-15-24)25-16-8-3-9-17-25/h1-18,27H,19-21H2.